The fourth-order valence-electron chi connectivity index (χ4n) is 1.55. The first-order valence-electron chi connectivity index (χ1n) is 6.04. The number of carbonyl (C=O) groups excluding carboxylic acids is 1. The van der Waals surface area contributed by atoms with Gasteiger partial charge in [-0.3, -0.25) is 14.5 Å². The van der Waals surface area contributed by atoms with Gasteiger partial charge in [-0.25, -0.2) is 0 Å². The van der Waals surface area contributed by atoms with Gasteiger partial charge in [-0.2, -0.15) is 5.10 Å². The molecule has 0 saturated carbocycles. The van der Waals surface area contributed by atoms with E-state index in [1.165, 1.54) is 6.20 Å². The van der Waals surface area contributed by atoms with E-state index in [0.29, 0.717) is 11.3 Å². The number of nitrogens with one attached hydrogen (secondary N) is 1. The molecule has 0 aliphatic heterocycles. The smallest absolute Gasteiger partial charge is 0.257 e. The predicted molar refractivity (Wildman–Crippen MR) is 73.0 cm³/mol. The van der Waals surface area contributed by atoms with Gasteiger partial charge in [0, 0.05) is 25.1 Å². The Balaban J connectivity index is 1.95. The Bertz CT molecular complexity index is 535. The van der Waals surface area contributed by atoms with Gasteiger partial charge in [0.2, 0.25) is 0 Å². The minimum Gasteiger partial charge on any atom is -0.319 e. The maximum Gasteiger partial charge on any atom is 0.257 e. The van der Waals surface area contributed by atoms with Crippen LogP contribution in [-0.4, -0.2) is 46.2 Å². The van der Waals surface area contributed by atoms with Crippen molar-refractivity contribution in [1.82, 2.24) is 19.7 Å². The molecule has 0 spiro atoms. The fraction of sp³-hybridized carbons (Fsp3) is 0.308. The second-order valence-electron chi connectivity index (χ2n) is 4.49. The van der Waals surface area contributed by atoms with Crippen LogP contribution < -0.4 is 5.32 Å². The molecule has 1 N–H and O–H groups in total. The van der Waals surface area contributed by atoms with Crippen molar-refractivity contribution in [1.29, 1.82) is 0 Å². The van der Waals surface area contributed by atoms with Gasteiger partial charge < -0.3 is 10.2 Å². The van der Waals surface area contributed by atoms with Crippen molar-refractivity contribution in [2.24, 2.45) is 0 Å². The number of rotatable bonds is 5. The summed E-state index contributed by atoms with van der Waals surface area (Å²) >= 11 is 0. The normalized spacial score (nSPS) is 10.7. The topological polar surface area (TPSA) is 63.0 Å². The molecule has 0 aromatic carbocycles. The van der Waals surface area contributed by atoms with Gasteiger partial charge in [0.15, 0.2) is 0 Å². The summed E-state index contributed by atoms with van der Waals surface area (Å²) in [6.07, 6.45) is 6.63. The summed E-state index contributed by atoms with van der Waals surface area (Å²) in [6.45, 7) is 1.69. The largest absolute Gasteiger partial charge is 0.319 e. The van der Waals surface area contributed by atoms with Crippen LogP contribution in [0.25, 0.3) is 0 Å². The third-order valence-corrected chi connectivity index (χ3v) is 2.59. The van der Waals surface area contributed by atoms with Crippen LogP contribution in [0.15, 0.2) is 36.9 Å². The average molecular weight is 259 g/mol. The van der Waals surface area contributed by atoms with Crippen LogP contribution in [0, 0.1) is 0 Å². The van der Waals surface area contributed by atoms with Gasteiger partial charge >= 0.3 is 0 Å². The molecule has 0 fully saturated rings. The van der Waals surface area contributed by atoms with Crippen molar-refractivity contribution in [2.45, 2.75) is 6.54 Å². The number of hydrogen-bond donors (Lipinski definition) is 1. The van der Waals surface area contributed by atoms with Gasteiger partial charge in [0.05, 0.1) is 24.0 Å². The molecule has 6 nitrogen and oxygen atoms in total. The number of nitrogens with zero attached hydrogens (tertiary/aromatic N) is 4. The van der Waals surface area contributed by atoms with Crippen molar-refractivity contribution in [3.63, 3.8) is 0 Å². The number of hydrogen-bond acceptors (Lipinski definition) is 4. The summed E-state index contributed by atoms with van der Waals surface area (Å²) in [5.41, 5.74) is 1.22. The number of amides is 1. The zero-order valence-electron chi connectivity index (χ0n) is 11.1. The first-order chi connectivity index (χ1) is 9.15. The van der Waals surface area contributed by atoms with Crippen molar-refractivity contribution in [2.75, 3.05) is 26.0 Å². The standard InChI is InChI=1S/C13H17N5O/c1-17(2)6-7-18-10-12(9-15-18)16-13(19)11-4-3-5-14-8-11/h3-5,8-10H,6-7H2,1-2H3,(H,16,19). The zero-order valence-corrected chi connectivity index (χ0v) is 11.1. The van der Waals surface area contributed by atoms with Crippen LogP contribution in [0.2, 0.25) is 0 Å². The minimum atomic E-state index is -0.180. The highest BCUT2D eigenvalue weighted by Gasteiger charge is 2.07. The average Bonchev–Trinajstić information content (AvgIpc) is 2.85. The summed E-state index contributed by atoms with van der Waals surface area (Å²) in [5, 5.41) is 6.98. The lowest BCUT2D eigenvalue weighted by Crippen LogP contribution is -2.18. The molecular weight excluding hydrogens is 242 g/mol. The second-order valence-corrected chi connectivity index (χ2v) is 4.49. The Hall–Kier alpha value is -2.21. The molecule has 0 atom stereocenters. The van der Waals surface area contributed by atoms with E-state index in [1.54, 1.807) is 29.2 Å². The van der Waals surface area contributed by atoms with E-state index in [1.807, 2.05) is 20.3 Å². The number of aromatic nitrogens is 3. The Morgan fingerprint density at radius 3 is 2.95 bits per heavy atom. The highest BCUT2D eigenvalue weighted by atomic mass is 16.1. The molecule has 0 radical (unpaired) electrons. The fourth-order valence-corrected chi connectivity index (χ4v) is 1.55. The van der Waals surface area contributed by atoms with Crippen LogP contribution in [-0.2, 0) is 6.54 Å². The van der Waals surface area contributed by atoms with E-state index < -0.39 is 0 Å². The molecule has 6 heteroatoms. The number of pyridine rings is 1. The molecule has 2 aromatic rings. The van der Waals surface area contributed by atoms with Gasteiger partial charge in [0.25, 0.3) is 5.91 Å². The maximum atomic E-state index is 11.9. The molecule has 0 saturated heterocycles. The molecule has 19 heavy (non-hydrogen) atoms. The van der Waals surface area contributed by atoms with Crippen molar-refractivity contribution < 1.29 is 4.79 Å². The van der Waals surface area contributed by atoms with Gasteiger partial charge in [-0.15, -0.1) is 0 Å². The Kier molecular flexibility index (Phi) is 4.25. The van der Waals surface area contributed by atoms with Crippen LogP contribution in [0.3, 0.4) is 0 Å². The lowest BCUT2D eigenvalue weighted by molar-refractivity contribution is 0.102. The highest BCUT2D eigenvalue weighted by molar-refractivity contribution is 6.03. The van der Waals surface area contributed by atoms with E-state index in [2.05, 4.69) is 20.3 Å². The molecular formula is C13H17N5O. The molecule has 2 heterocycles. The van der Waals surface area contributed by atoms with Gasteiger partial charge in [0.1, 0.15) is 0 Å². The summed E-state index contributed by atoms with van der Waals surface area (Å²) in [4.78, 5) is 17.9. The second kappa shape index (κ2) is 6.10. The summed E-state index contributed by atoms with van der Waals surface area (Å²) in [6, 6.07) is 3.45. The third-order valence-electron chi connectivity index (χ3n) is 2.59. The van der Waals surface area contributed by atoms with Gasteiger partial charge in [-0.05, 0) is 26.2 Å². The van der Waals surface area contributed by atoms with Crippen LogP contribution in [0.4, 0.5) is 5.69 Å². The van der Waals surface area contributed by atoms with Crippen molar-refractivity contribution in [3.05, 3.63) is 42.5 Å². The van der Waals surface area contributed by atoms with E-state index >= 15 is 0 Å². The molecule has 100 valence electrons. The van der Waals surface area contributed by atoms with Crippen LogP contribution >= 0.6 is 0 Å². The Morgan fingerprint density at radius 2 is 2.26 bits per heavy atom. The monoisotopic (exact) mass is 259 g/mol. The van der Waals surface area contributed by atoms with E-state index in [9.17, 15) is 4.79 Å². The number of likely N-dealkylation sites (N-methyl/N-ethyl adjacent to an activating group) is 1. The first kappa shape index (κ1) is 13.2. The van der Waals surface area contributed by atoms with Crippen LogP contribution in [0.1, 0.15) is 10.4 Å². The number of anilines is 1. The Morgan fingerprint density at radius 1 is 1.42 bits per heavy atom. The van der Waals surface area contributed by atoms with E-state index in [4.69, 9.17) is 0 Å². The molecule has 1 amide bonds. The van der Waals surface area contributed by atoms with Crippen LogP contribution in [0.5, 0.6) is 0 Å². The third kappa shape index (κ3) is 3.89. The Labute approximate surface area is 112 Å². The van der Waals surface area contributed by atoms with Crippen molar-refractivity contribution in [3.8, 4) is 0 Å². The van der Waals surface area contributed by atoms with Gasteiger partial charge in [-0.1, -0.05) is 0 Å². The van der Waals surface area contributed by atoms with E-state index in [-0.39, 0.29) is 5.91 Å². The summed E-state index contributed by atoms with van der Waals surface area (Å²) < 4.78 is 1.80. The zero-order chi connectivity index (χ0) is 13.7. The molecule has 2 aromatic heterocycles. The summed E-state index contributed by atoms with van der Waals surface area (Å²) in [5.74, 6) is -0.180. The lowest BCUT2D eigenvalue weighted by Gasteiger charge is -2.08. The highest BCUT2D eigenvalue weighted by Crippen LogP contribution is 2.07. The number of carbonyl (C=O) groups is 1. The molecule has 0 aliphatic rings. The predicted octanol–water partition coefficient (Wildman–Crippen LogP) is 1.09. The quantitative estimate of drug-likeness (QED) is 0.873. The molecule has 2 rings (SSSR count). The molecule has 0 unspecified atom stereocenters. The summed E-state index contributed by atoms with van der Waals surface area (Å²) in [7, 11) is 4.02. The maximum absolute atomic E-state index is 11.9. The minimum absolute atomic E-state index is 0.180. The van der Waals surface area contributed by atoms with E-state index in [0.717, 1.165) is 13.1 Å². The molecule has 0 bridgehead atoms. The lowest BCUT2D eigenvalue weighted by atomic mass is 10.3. The SMILES string of the molecule is CN(C)CCn1cc(NC(=O)c2cccnc2)cn1. The molecule has 0 aliphatic carbocycles. The van der Waals surface area contributed by atoms with Crippen molar-refractivity contribution >= 4 is 11.6 Å². The first-order valence-corrected chi connectivity index (χ1v) is 6.04.